The molecule has 0 aliphatic carbocycles. The predicted molar refractivity (Wildman–Crippen MR) is 136 cm³/mol. The van der Waals surface area contributed by atoms with Gasteiger partial charge in [-0.15, -0.1) is 0 Å². The van der Waals surface area contributed by atoms with Gasteiger partial charge in [-0.05, 0) is 98.4 Å². The van der Waals surface area contributed by atoms with E-state index in [1.807, 2.05) is 54.6 Å². The molecule has 2 atom stereocenters. The van der Waals surface area contributed by atoms with Gasteiger partial charge in [0.1, 0.15) is 5.75 Å². The summed E-state index contributed by atoms with van der Waals surface area (Å²) < 4.78 is 2.23. The average Bonchev–Trinajstić information content (AvgIpc) is 3.31. The smallest absolute Gasteiger partial charge is 0.174 e. The number of anilines is 1. The van der Waals surface area contributed by atoms with Crippen LogP contribution >= 0.6 is 23.8 Å². The lowest BCUT2D eigenvalue weighted by molar-refractivity contribution is 0.475. The third kappa shape index (κ3) is 3.86. The highest BCUT2D eigenvalue weighted by Gasteiger charge is 2.42. The van der Waals surface area contributed by atoms with Crippen LogP contribution in [0.1, 0.15) is 34.7 Å². The number of phenolic OH excluding ortho intramolecular Hbond substituents is 1. The van der Waals surface area contributed by atoms with E-state index in [0.717, 1.165) is 34.0 Å². The SMILES string of the molecule is Cc1cc(C2C(c3ccccn3)NC(=S)N2c2ccc(O)cc2)c(C)n1-c1ccc(Cl)cc1. The normalized spacial score (nSPS) is 17.9. The molecule has 3 heterocycles. The van der Waals surface area contributed by atoms with Gasteiger partial charge < -0.3 is 19.9 Å². The van der Waals surface area contributed by atoms with Crippen LogP contribution in [0.25, 0.3) is 5.69 Å². The summed E-state index contributed by atoms with van der Waals surface area (Å²) in [5, 5.41) is 14.6. The number of aromatic nitrogens is 2. The van der Waals surface area contributed by atoms with Gasteiger partial charge >= 0.3 is 0 Å². The maximum Gasteiger partial charge on any atom is 0.174 e. The van der Waals surface area contributed by atoms with Crippen LogP contribution in [-0.2, 0) is 0 Å². The van der Waals surface area contributed by atoms with Gasteiger partial charge in [-0.1, -0.05) is 17.7 Å². The first-order valence-electron chi connectivity index (χ1n) is 10.7. The molecule has 0 spiro atoms. The van der Waals surface area contributed by atoms with Crippen molar-refractivity contribution in [3.63, 3.8) is 0 Å². The molecule has 1 aliphatic heterocycles. The Bertz CT molecular complexity index is 1300. The van der Waals surface area contributed by atoms with E-state index < -0.39 is 0 Å². The molecule has 1 fully saturated rings. The van der Waals surface area contributed by atoms with Crippen molar-refractivity contribution in [2.75, 3.05) is 4.90 Å². The molecule has 166 valence electrons. The Hall–Kier alpha value is -3.35. The van der Waals surface area contributed by atoms with Crippen molar-refractivity contribution in [1.29, 1.82) is 0 Å². The summed E-state index contributed by atoms with van der Waals surface area (Å²) >= 11 is 11.9. The lowest BCUT2D eigenvalue weighted by Crippen LogP contribution is -2.29. The number of thiocarbonyl (C=S) groups is 1. The Morgan fingerprint density at radius 3 is 2.33 bits per heavy atom. The Balaban J connectivity index is 1.67. The van der Waals surface area contributed by atoms with Crippen molar-refractivity contribution in [3.8, 4) is 11.4 Å². The van der Waals surface area contributed by atoms with Crippen LogP contribution in [-0.4, -0.2) is 19.8 Å². The number of nitrogens with zero attached hydrogens (tertiary/aromatic N) is 3. The zero-order chi connectivity index (χ0) is 23.1. The fourth-order valence-corrected chi connectivity index (χ4v) is 5.11. The van der Waals surface area contributed by atoms with Gasteiger partial charge in [0.15, 0.2) is 5.11 Å². The molecule has 5 nitrogen and oxygen atoms in total. The number of pyridine rings is 1. The zero-order valence-electron chi connectivity index (χ0n) is 18.2. The lowest BCUT2D eigenvalue weighted by Gasteiger charge is -2.28. The average molecular weight is 475 g/mol. The minimum absolute atomic E-state index is 0.121. The second kappa shape index (κ2) is 8.54. The molecule has 5 rings (SSSR count). The molecule has 7 heteroatoms. The number of aryl methyl sites for hydroxylation is 1. The Kier molecular flexibility index (Phi) is 5.56. The summed E-state index contributed by atoms with van der Waals surface area (Å²) in [6, 6.07) is 22.9. The molecule has 2 aromatic heterocycles. The van der Waals surface area contributed by atoms with E-state index >= 15 is 0 Å². The molecule has 0 radical (unpaired) electrons. The van der Waals surface area contributed by atoms with Gasteiger partial charge in [-0.2, -0.15) is 0 Å². The van der Waals surface area contributed by atoms with Gasteiger partial charge in [-0.3, -0.25) is 4.98 Å². The quantitative estimate of drug-likeness (QED) is 0.354. The monoisotopic (exact) mass is 474 g/mol. The highest BCUT2D eigenvalue weighted by molar-refractivity contribution is 7.80. The first-order valence-corrected chi connectivity index (χ1v) is 11.5. The van der Waals surface area contributed by atoms with Gasteiger partial charge in [0.25, 0.3) is 0 Å². The molecular formula is C26H23ClN4OS. The molecule has 2 aromatic carbocycles. The number of aromatic hydroxyl groups is 1. The van der Waals surface area contributed by atoms with Crippen molar-refractivity contribution in [1.82, 2.24) is 14.9 Å². The fourth-order valence-electron chi connectivity index (χ4n) is 4.64. The topological polar surface area (TPSA) is 53.3 Å². The highest BCUT2D eigenvalue weighted by Crippen LogP contribution is 2.44. The minimum Gasteiger partial charge on any atom is -0.508 e. The molecule has 0 saturated carbocycles. The third-order valence-corrected chi connectivity index (χ3v) is 6.67. The van der Waals surface area contributed by atoms with Gasteiger partial charge in [-0.25, -0.2) is 0 Å². The summed E-state index contributed by atoms with van der Waals surface area (Å²) in [7, 11) is 0. The molecule has 4 aromatic rings. The van der Waals surface area contributed by atoms with E-state index in [-0.39, 0.29) is 17.8 Å². The van der Waals surface area contributed by atoms with Gasteiger partial charge in [0.2, 0.25) is 0 Å². The van der Waals surface area contributed by atoms with Crippen LogP contribution in [0.5, 0.6) is 5.75 Å². The van der Waals surface area contributed by atoms with E-state index in [4.69, 9.17) is 23.8 Å². The van der Waals surface area contributed by atoms with Crippen LogP contribution in [0, 0.1) is 13.8 Å². The Morgan fingerprint density at radius 1 is 0.970 bits per heavy atom. The molecule has 33 heavy (non-hydrogen) atoms. The number of nitrogens with one attached hydrogen (secondary N) is 1. The van der Waals surface area contributed by atoms with Gasteiger partial charge in [0.05, 0.1) is 17.8 Å². The van der Waals surface area contributed by atoms with Crippen molar-refractivity contribution >= 4 is 34.6 Å². The van der Waals surface area contributed by atoms with Crippen molar-refractivity contribution < 1.29 is 5.11 Å². The van der Waals surface area contributed by atoms with Crippen LogP contribution < -0.4 is 10.2 Å². The summed E-state index contributed by atoms with van der Waals surface area (Å²) in [5.74, 6) is 0.218. The van der Waals surface area contributed by atoms with E-state index in [0.29, 0.717) is 10.1 Å². The van der Waals surface area contributed by atoms with Crippen LogP contribution in [0.4, 0.5) is 5.69 Å². The largest absolute Gasteiger partial charge is 0.508 e. The lowest BCUT2D eigenvalue weighted by atomic mass is 9.96. The van der Waals surface area contributed by atoms with E-state index in [9.17, 15) is 5.11 Å². The summed E-state index contributed by atoms with van der Waals surface area (Å²) in [6.45, 7) is 4.23. The predicted octanol–water partition coefficient (Wildman–Crippen LogP) is 6.03. The number of rotatable bonds is 4. The molecule has 1 aliphatic rings. The highest BCUT2D eigenvalue weighted by atomic mass is 35.5. The van der Waals surface area contributed by atoms with Crippen molar-refractivity contribution in [2.24, 2.45) is 0 Å². The molecular weight excluding hydrogens is 452 g/mol. The maximum absolute atomic E-state index is 9.82. The number of benzene rings is 2. The summed E-state index contributed by atoms with van der Waals surface area (Å²) in [4.78, 5) is 6.74. The summed E-state index contributed by atoms with van der Waals surface area (Å²) in [6.07, 6.45) is 1.80. The third-order valence-electron chi connectivity index (χ3n) is 6.10. The van der Waals surface area contributed by atoms with E-state index in [2.05, 4.69) is 39.7 Å². The number of halogens is 1. The van der Waals surface area contributed by atoms with Crippen molar-refractivity contribution in [2.45, 2.75) is 25.9 Å². The molecule has 1 saturated heterocycles. The van der Waals surface area contributed by atoms with Crippen LogP contribution in [0.3, 0.4) is 0 Å². The minimum atomic E-state index is -0.133. The molecule has 2 N–H and O–H groups in total. The summed E-state index contributed by atoms with van der Waals surface area (Å²) in [5.41, 5.74) is 6.27. The number of phenols is 1. The number of hydrogen-bond donors (Lipinski definition) is 2. The maximum atomic E-state index is 9.82. The molecule has 2 unspecified atom stereocenters. The van der Waals surface area contributed by atoms with Crippen LogP contribution in [0.15, 0.2) is 79.0 Å². The second-order valence-corrected chi connectivity index (χ2v) is 8.97. The standard InChI is InChI=1S/C26H23ClN4OS/c1-16-15-22(17(2)30(16)19-8-6-18(27)7-9-19)25-24(23-5-3-4-14-28-23)29-26(33)31(25)20-10-12-21(32)13-11-20/h3-15,24-25,32H,1-2H3,(H,29,33). The fraction of sp³-hybridized carbons (Fsp3) is 0.154. The zero-order valence-corrected chi connectivity index (χ0v) is 19.8. The Morgan fingerprint density at radius 2 is 1.67 bits per heavy atom. The van der Waals surface area contributed by atoms with Crippen molar-refractivity contribution in [3.05, 3.63) is 107 Å². The molecule has 0 bridgehead atoms. The van der Waals surface area contributed by atoms with Crippen LogP contribution in [0.2, 0.25) is 5.02 Å². The first-order chi connectivity index (χ1) is 15.9. The Labute approximate surface area is 203 Å². The number of hydrogen-bond acceptors (Lipinski definition) is 3. The second-order valence-electron chi connectivity index (χ2n) is 8.15. The van der Waals surface area contributed by atoms with E-state index in [1.54, 1.807) is 18.3 Å². The molecule has 0 amide bonds. The first kappa shape index (κ1) is 21.5. The van der Waals surface area contributed by atoms with Gasteiger partial charge in [0, 0.05) is 34.0 Å². The van der Waals surface area contributed by atoms with E-state index in [1.165, 1.54) is 0 Å².